The zero-order valence-corrected chi connectivity index (χ0v) is 15.6. The molecule has 0 atom stereocenters. The number of alkyl halides is 3. The molecule has 1 aromatic carbocycles. The lowest BCUT2D eigenvalue weighted by Crippen LogP contribution is -2.28. The summed E-state index contributed by atoms with van der Waals surface area (Å²) in [6.07, 6.45) is -3.26. The maximum Gasteiger partial charge on any atom is 0.435 e. The van der Waals surface area contributed by atoms with E-state index in [1.54, 1.807) is 26.0 Å². The molecule has 0 radical (unpaired) electrons. The van der Waals surface area contributed by atoms with Gasteiger partial charge in [0.1, 0.15) is 0 Å². The van der Waals surface area contributed by atoms with Crippen LogP contribution in [0.2, 0.25) is 0 Å². The van der Waals surface area contributed by atoms with Crippen molar-refractivity contribution in [1.29, 1.82) is 0 Å². The normalized spacial score (nSPS) is 12.4. The van der Waals surface area contributed by atoms with Gasteiger partial charge in [-0.05, 0) is 37.6 Å². The molecule has 0 fully saturated rings. The standard InChI is InChI=1S/C17H20F3N3O3S/c1-12(2)27(25,26)14-5-3-13(4-6-14)11-16(24)21-8-10-23-9-7-15(22-23)17(18,19)20/h3-7,9,12H,8,10-11H2,1-2H3,(H,21,24). The molecule has 10 heteroatoms. The maximum atomic E-state index is 12.5. The Bertz CT molecular complexity index is 888. The summed E-state index contributed by atoms with van der Waals surface area (Å²) in [5, 5.41) is 5.45. The van der Waals surface area contributed by atoms with Crippen LogP contribution < -0.4 is 5.32 Å². The summed E-state index contributed by atoms with van der Waals surface area (Å²) in [6, 6.07) is 6.92. The van der Waals surface area contributed by atoms with E-state index in [0.717, 1.165) is 10.7 Å². The molecule has 2 aromatic rings. The van der Waals surface area contributed by atoms with E-state index in [4.69, 9.17) is 0 Å². The van der Waals surface area contributed by atoms with Gasteiger partial charge in [-0.1, -0.05) is 12.1 Å². The first kappa shape index (κ1) is 20.9. The Hall–Kier alpha value is -2.36. The zero-order chi connectivity index (χ0) is 20.2. The Morgan fingerprint density at radius 2 is 1.81 bits per heavy atom. The SMILES string of the molecule is CC(C)S(=O)(=O)c1ccc(CC(=O)NCCn2ccc(C(F)(F)F)n2)cc1. The topological polar surface area (TPSA) is 81.1 Å². The highest BCUT2D eigenvalue weighted by atomic mass is 32.2. The van der Waals surface area contributed by atoms with Crippen molar-refractivity contribution < 1.29 is 26.4 Å². The molecule has 0 spiro atoms. The molecule has 0 saturated heterocycles. The highest BCUT2D eigenvalue weighted by Crippen LogP contribution is 2.27. The van der Waals surface area contributed by atoms with E-state index in [1.165, 1.54) is 18.3 Å². The second kappa shape index (κ2) is 8.12. The molecule has 0 aliphatic rings. The van der Waals surface area contributed by atoms with Crippen molar-refractivity contribution in [1.82, 2.24) is 15.1 Å². The first-order chi connectivity index (χ1) is 12.5. The highest BCUT2D eigenvalue weighted by Gasteiger charge is 2.33. The third kappa shape index (κ3) is 5.56. The first-order valence-electron chi connectivity index (χ1n) is 8.20. The summed E-state index contributed by atoms with van der Waals surface area (Å²) in [5.74, 6) is -0.322. The maximum absolute atomic E-state index is 12.5. The summed E-state index contributed by atoms with van der Waals surface area (Å²) in [6.45, 7) is 3.41. The molecular weight excluding hydrogens is 383 g/mol. The molecule has 148 valence electrons. The fraction of sp³-hybridized carbons (Fsp3) is 0.412. The predicted octanol–water partition coefficient (Wildman–Crippen LogP) is 2.44. The molecule has 1 heterocycles. The molecule has 0 aliphatic carbocycles. The fourth-order valence-corrected chi connectivity index (χ4v) is 3.32. The summed E-state index contributed by atoms with van der Waals surface area (Å²) in [7, 11) is -3.37. The van der Waals surface area contributed by atoms with E-state index in [2.05, 4.69) is 10.4 Å². The molecule has 0 saturated carbocycles. The van der Waals surface area contributed by atoms with Crippen LogP contribution in [-0.4, -0.2) is 35.9 Å². The van der Waals surface area contributed by atoms with Crippen molar-refractivity contribution in [2.75, 3.05) is 6.54 Å². The van der Waals surface area contributed by atoms with E-state index >= 15 is 0 Å². The minimum Gasteiger partial charge on any atom is -0.354 e. The molecule has 1 aromatic heterocycles. The van der Waals surface area contributed by atoms with Crippen molar-refractivity contribution in [3.8, 4) is 0 Å². The summed E-state index contributed by atoms with van der Waals surface area (Å²) in [5.41, 5.74) is -0.348. The lowest BCUT2D eigenvalue weighted by Gasteiger charge is -2.09. The van der Waals surface area contributed by atoms with Gasteiger partial charge >= 0.3 is 6.18 Å². The average Bonchev–Trinajstić information content (AvgIpc) is 3.04. The highest BCUT2D eigenvalue weighted by molar-refractivity contribution is 7.92. The smallest absolute Gasteiger partial charge is 0.354 e. The Morgan fingerprint density at radius 3 is 2.33 bits per heavy atom. The van der Waals surface area contributed by atoms with E-state index in [9.17, 15) is 26.4 Å². The lowest BCUT2D eigenvalue weighted by atomic mass is 10.1. The third-order valence-corrected chi connectivity index (χ3v) is 6.00. The van der Waals surface area contributed by atoms with E-state index in [-0.39, 0.29) is 30.3 Å². The van der Waals surface area contributed by atoms with Gasteiger partial charge in [0.15, 0.2) is 15.5 Å². The van der Waals surface area contributed by atoms with Gasteiger partial charge in [0.2, 0.25) is 5.91 Å². The number of sulfone groups is 1. The number of nitrogens with one attached hydrogen (secondary N) is 1. The molecule has 6 nitrogen and oxygen atoms in total. The number of carbonyl (C=O) groups excluding carboxylic acids is 1. The number of nitrogens with zero attached hydrogens (tertiary/aromatic N) is 2. The molecule has 1 amide bonds. The number of carbonyl (C=O) groups is 1. The Kier molecular flexibility index (Phi) is 6.30. The van der Waals surface area contributed by atoms with Gasteiger partial charge in [-0.3, -0.25) is 9.48 Å². The van der Waals surface area contributed by atoms with Gasteiger partial charge in [-0.2, -0.15) is 18.3 Å². The van der Waals surface area contributed by atoms with Gasteiger partial charge in [0.05, 0.1) is 23.1 Å². The van der Waals surface area contributed by atoms with Crippen LogP contribution in [0.4, 0.5) is 13.2 Å². The number of halogens is 3. The predicted molar refractivity (Wildman–Crippen MR) is 92.7 cm³/mol. The average molecular weight is 403 g/mol. The molecule has 0 unspecified atom stereocenters. The summed E-state index contributed by atoms with van der Waals surface area (Å²) >= 11 is 0. The van der Waals surface area contributed by atoms with Crippen LogP contribution in [0.1, 0.15) is 25.1 Å². The summed E-state index contributed by atoms with van der Waals surface area (Å²) in [4.78, 5) is 12.1. The van der Waals surface area contributed by atoms with Gasteiger partial charge in [-0.15, -0.1) is 0 Å². The number of rotatable bonds is 7. The second-order valence-corrected chi connectivity index (χ2v) is 8.73. The second-order valence-electron chi connectivity index (χ2n) is 6.23. The number of hydrogen-bond donors (Lipinski definition) is 1. The van der Waals surface area contributed by atoms with Crippen LogP contribution in [0.5, 0.6) is 0 Å². The van der Waals surface area contributed by atoms with Crippen molar-refractivity contribution in [2.24, 2.45) is 0 Å². The number of benzene rings is 1. The Morgan fingerprint density at radius 1 is 1.19 bits per heavy atom. The number of hydrogen-bond acceptors (Lipinski definition) is 4. The monoisotopic (exact) mass is 403 g/mol. The van der Waals surface area contributed by atoms with Crippen LogP contribution in [0.25, 0.3) is 0 Å². The number of aromatic nitrogens is 2. The van der Waals surface area contributed by atoms with Crippen molar-refractivity contribution in [3.05, 3.63) is 47.8 Å². The van der Waals surface area contributed by atoms with Crippen molar-refractivity contribution >= 4 is 15.7 Å². The van der Waals surface area contributed by atoms with Gasteiger partial charge < -0.3 is 5.32 Å². The molecule has 0 aliphatic heterocycles. The third-order valence-electron chi connectivity index (χ3n) is 3.83. The Balaban J connectivity index is 1.85. The minimum absolute atomic E-state index is 0.0366. The molecule has 27 heavy (non-hydrogen) atoms. The van der Waals surface area contributed by atoms with E-state index in [1.807, 2.05) is 0 Å². The molecule has 0 bridgehead atoms. The van der Waals surface area contributed by atoms with Gasteiger partial charge in [0, 0.05) is 12.7 Å². The van der Waals surface area contributed by atoms with E-state index in [0.29, 0.717) is 5.56 Å². The van der Waals surface area contributed by atoms with Gasteiger partial charge in [0.25, 0.3) is 0 Å². The molecule has 1 N–H and O–H groups in total. The molecular formula is C17H20F3N3O3S. The lowest BCUT2D eigenvalue weighted by molar-refractivity contribution is -0.141. The zero-order valence-electron chi connectivity index (χ0n) is 14.8. The van der Waals surface area contributed by atoms with Crippen LogP contribution in [0.3, 0.4) is 0 Å². The van der Waals surface area contributed by atoms with Crippen LogP contribution in [-0.2, 0) is 33.8 Å². The van der Waals surface area contributed by atoms with Crippen molar-refractivity contribution in [2.45, 2.75) is 43.1 Å². The van der Waals surface area contributed by atoms with Crippen LogP contribution >= 0.6 is 0 Å². The number of amides is 1. The van der Waals surface area contributed by atoms with Gasteiger partial charge in [-0.25, -0.2) is 8.42 Å². The van der Waals surface area contributed by atoms with Crippen LogP contribution in [0, 0.1) is 0 Å². The molecule has 2 rings (SSSR count). The van der Waals surface area contributed by atoms with Crippen molar-refractivity contribution in [3.63, 3.8) is 0 Å². The van der Waals surface area contributed by atoms with Crippen LogP contribution in [0.15, 0.2) is 41.4 Å². The summed E-state index contributed by atoms with van der Waals surface area (Å²) < 4.78 is 62.6. The largest absolute Gasteiger partial charge is 0.435 e. The quantitative estimate of drug-likeness (QED) is 0.770. The van der Waals surface area contributed by atoms with E-state index < -0.39 is 27.0 Å². The Labute approximate surface area is 155 Å². The first-order valence-corrected chi connectivity index (χ1v) is 9.75. The fourth-order valence-electron chi connectivity index (χ4n) is 2.26. The minimum atomic E-state index is -4.50.